The van der Waals surface area contributed by atoms with Crippen molar-refractivity contribution in [2.45, 2.75) is 64.6 Å². The molecule has 2 atom stereocenters. The summed E-state index contributed by atoms with van der Waals surface area (Å²) in [6.07, 6.45) is 3.47. The van der Waals surface area contributed by atoms with E-state index < -0.39 is 12.1 Å². The molecule has 298 valence electrons. The number of aromatic nitrogens is 3. The smallest absolute Gasteiger partial charge is 0.408 e. The first-order valence-electron chi connectivity index (χ1n) is 19.9. The maximum absolute atomic E-state index is 14.1. The number of carbonyl (C=O) groups is 4. The van der Waals surface area contributed by atoms with Crippen LogP contribution in [0.15, 0.2) is 115 Å². The fourth-order valence-corrected chi connectivity index (χ4v) is 7.43. The summed E-state index contributed by atoms with van der Waals surface area (Å²) in [5.41, 5.74) is 6.78. The number of H-pyrrole nitrogens is 2. The Morgan fingerprint density at radius 2 is 1.64 bits per heavy atom. The monoisotopic (exact) mass is 779 g/mol. The molecule has 0 bridgehead atoms. The average Bonchev–Trinajstić information content (AvgIpc) is 4.00. The molecule has 0 unspecified atom stereocenters. The van der Waals surface area contributed by atoms with Gasteiger partial charge >= 0.3 is 6.09 Å². The van der Waals surface area contributed by atoms with Crippen LogP contribution in [0.2, 0.25) is 0 Å². The molecule has 0 aliphatic carbocycles. The maximum atomic E-state index is 14.1. The second-order valence-electron chi connectivity index (χ2n) is 14.9. The molecule has 4 N–H and O–H groups in total. The van der Waals surface area contributed by atoms with Gasteiger partial charge in [-0.15, -0.1) is 0 Å². The molecule has 58 heavy (non-hydrogen) atoms. The standard InChI is InChI=1S/C46H49N7O5/c1-4-23-52(42(55)25-31-12-7-5-8-13-31)29-41(54)48-36-20-17-32(18-21-36)38-27-35-26-34(19-22-37(35)49-38)39-28-47-44(50-39)40-16-11-24-53(40)45(56)43(33-14-9-6-10-15-33)51-46(57)58-30(2)3/h5-10,12-15,17-22,26-28,30,40,43,49H,4,11,16,23-25,29H2,1-3H3,(H,47,50)(H,48,54)(H,51,57)/t40-,43+/m0/s1. The molecule has 1 aliphatic heterocycles. The third-order valence-electron chi connectivity index (χ3n) is 10.2. The van der Waals surface area contributed by atoms with Gasteiger partial charge in [0.1, 0.15) is 11.9 Å². The highest BCUT2D eigenvalue weighted by molar-refractivity contribution is 5.95. The Hall–Kier alpha value is -6.69. The number of nitrogens with zero attached hydrogens (tertiary/aromatic N) is 3. The zero-order valence-corrected chi connectivity index (χ0v) is 33.0. The predicted molar refractivity (Wildman–Crippen MR) is 225 cm³/mol. The molecule has 0 saturated carbocycles. The average molecular weight is 780 g/mol. The van der Waals surface area contributed by atoms with E-state index >= 15 is 0 Å². The fraction of sp³-hybridized carbons (Fsp3) is 0.283. The summed E-state index contributed by atoms with van der Waals surface area (Å²) in [5.74, 6) is 0.158. The van der Waals surface area contributed by atoms with E-state index in [1.165, 1.54) is 0 Å². The van der Waals surface area contributed by atoms with Crippen LogP contribution in [0.3, 0.4) is 0 Å². The molecule has 1 saturated heterocycles. The number of alkyl carbamates (subject to hydrolysis) is 1. The number of hydrogen-bond acceptors (Lipinski definition) is 6. The first-order chi connectivity index (χ1) is 28.1. The number of anilines is 1. The normalized spacial score (nSPS) is 14.3. The van der Waals surface area contributed by atoms with Gasteiger partial charge in [-0.05, 0) is 80.1 Å². The number of benzene rings is 4. The van der Waals surface area contributed by atoms with Crippen molar-refractivity contribution in [3.05, 3.63) is 132 Å². The van der Waals surface area contributed by atoms with E-state index in [9.17, 15) is 19.2 Å². The van der Waals surface area contributed by atoms with Crippen LogP contribution in [0, 0.1) is 0 Å². The van der Waals surface area contributed by atoms with Crippen molar-refractivity contribution in [1.29, 1.82) is 0 Å². The molecular weight excluding hydrogens is 731 g/mol. The van der Waals surface area contributed by atoms with Gasteiger partial charge < -0.3 is 35.1 Å². The Morgan fingerprint density at radius 1 is 0.914 bits per heavy atom. The molecule has 0 spiro atoms. The lowest BCUT2D eigenvalue weighted by Crippen LogP contribution is -2.43. The molecule has 3 heterocycles. The van der Waals surface area contributed by atoms with Crippen molar-refractivity contribution in [1.82, 2.24) is 30.1 Å². The quantitative estimate of drug-likeness (QED) is 0.0875. The van der Waals surface area contributed by atoms with Crippen LogP contribution in [0.1, 0.15) is 69.1 Å². The third kappa shape index (κ3) is 9.46. The highest BCUT2D eigenvalue weighted by Gasteiger charge is 2.37. The van der Waals surface area contributed by atoms with Gasteiger partial charge in [-0.1, -0.05) is 85.8 Å². The Kier molecular flexibility index (Phi) is 12.3. The highest BCUT2D eigenvalue weighted by Crippen LogP contribution is 2.35. The predicted octanol–water partition coefficient (Wildman–Crippen LogP) is 8.18. The summed E-state index contributed by atoms with van der Waals surface area (Å²) in [5, 5.41) is 6.74. The molecule has 0 radical (unpaired) electrons. The highest BCUT2D eigenvalue weighted by atomic mass is 16.6. The number of aromatic amines is 2. The summed E-state index contributed by atoms with van der Waals surface area (Å²) in [6.45, 7) is 6.57. The molecule has 4 amide bonds. The van der Waals surface area contributed by atoms with Crippen LogP contribution in [-0.2, 0) is 25.5 Å². The third-order valence-corrected chi connectivity index (χ3v) is 10.2. The van der Waals surface area contributed by atoms with Gasteiger partial charge in [0.05, 0.1) is 30.8 Å². The van der Waals surface area contributed by atoms with Crippen molar-refractivity contribution in [3.63, 3.8) is 0 Å². The molecule has 12 heteroatoms. The van der Waals surface area contributed by atoms with Crippen molar-refractivity contribution in [2.75, 3.05) is 25.0 Å². The molecule has 6 aromatic rings. The second-order valence-corrected chi connectivity index (χ2v) is 14.9. The van der Waals surface area contributed by atoms with Crippen LogP contribution >= 0.6 is 0 Å². The van der Waals surface area contributed by atoms with Crippen LogP contribution in [0.25, 0.3) is 33.4 Å². The van der Waals surface area contributed by atoms with Crippen LogP contribution in [0.5, 0.6) is 0 Å². The lowest BCUT2D eigenvalue weighted by Gasteiger charge is -2.28. The lowest BCUT2D eigenvalue weighted by atomic mass is 10.0. The van der Waals surface area contributed by atoms with Crippen LogP contribution in [-0.4, -0.2) is 74.3 Å². The largest absolute Gasteiger partial charge is 0.447 e. The van der Waals surface area contributed by atoms with E-state index in [4.69, 9.17) is 9.72 Å². The second kappa shape index (κ2) is 18.1. The van der Waals surface area contributed by atoms with Gasteiger partial charge in [-0.3, -0.25) is 14.4 Å². The van der Waals surface area contributed by atoms with Gasteiger partial charge in [-0.2, -0.15) is 0 Å². The Balaban J connectivity index is 1.01. The molecular formula is C46H49N7O5. The SMILES string of the molecule is CCCN(CC(=O)Nc1ccc(-c2cc3cc(-c4c[nH]c([C@@H]5CCCN5C(=O)[C@H](NC(=O)OC(C)C)c5ccccc5)n4)ccc3[nH]2)cc1)C(=O)Cc1ccccc1. The van der Waals surface area contributed by atoms with Crippen molar-refractivity contribution >= 4 is 40.4 Å². The Morgan fingerprint density at radius 3 is 2.36 bits per heavy atom. The van der Waals surface area contributed by atoms with Crippen LogP contribution in [0.4, 0.5) is 10.5 Å². The summed E-state index contributed by atoms with van der Waals surface area (Å²) < 4.78 is 5.32. The number of amides is 4. The van der Waals surface area contributed by atoms with E-state index in [0.29, 0.717) is 30.2 Å². The zero-order valence-electron chi connectivity index (χ0n) is 33.0. The van der Waals surface area contributed by atoms with E-state index in [1.807, 2.05) is 110 Å². The summed E-state index contributed by atoms with van der Waals surface area (Å²) in [6, 6.07) is 33.4. The van der Waals surface area contributed by atoms with E-state index in [2.05, 4.69) is 32.7 Å². The zero-order chi connectivity index (χ0) is 40.6. The fourth-order valence-electron chi connectivity index (χ4n) is 7.43. The van der Waals surface area contributed by atoms with Gasteiger partial charge in [-0.25, -0.2) is 9.78 Å². The van der Waals surface area contributed by atoms with Crippen molar-refractivity contribution in [2.24, 2.45) is 0 Å². The number of hydrogen-bond donors (Lipinski definition) is 4. The number of imidazole rings is 1. The molecule has 1 aliphatic rings. The number of likely N-dealkylation sites (tertiary alicyclic amines) is 1. The lowest BCUT2D eigenvalue weighted by molar-refractivity contribution is -0.134. The number of rotatable bonds is 14. The molecule has 12 nitrogen and oxygen atoms in total. The van der Waals surface area contributed by atoms with Gasteiger partial charge in [0.2, 0.25) is 11.8 Å². The van der Waals surface area contributed by atoms with Gasteiger partial charge in [0.25, 0.3) is 5.91 Å². The molecule has 2 aromatic heterocycles. The summed E-state index contributed by atoms with van der Waals surface area (Å²) in [4.78, 5) is 67.9. The van der Waals surface area contributed by atoms with Gasteiger partial charge in [0.15, 0.2) is 0 Å². The van der Waals surface area contributed by atoms with E-state index in [0.717, 1.165) is 58.2 Å². The first-order valence-corrected chi connectivity index (χ1v) is 19.9. The van der Waals surface area contributed by atoms with Crippen molar-refractivity contribution < 1.29 is 23.9 Å². The number of carbonyl (C=O) groups excluding carboxylic acids is 4. The maximum Gasteiger partial charge on any atom is 0.408 e. The van der Waals surface area contributed by atoms with Crippen molar-refractivity contribution in [3.8, 4) is 22.5 Å². The summed E-state index contributed by atoms with van der Waals surface area (Å²) in [7, 11) is 0. The van der Waals surface area contributed by atoms with Crippen LogP contribution < -0.4 is 10.6 Å². The topological polar surface area (TPSA) is 153 Å². The minimum atomic E-state index is -0.897. The van der Waals surface area contributed by atoms with E-state index in [-0.39, 0.29) is 42.8 Å². The Labute approximate surface area is 338 Å². The minimum absolute atomic E-state index is 0.0110. The number of nitrogens with one attached hydrogen (secondary N) is 4. The molecule has 4 aromatic carbocycles. The number of ether oxygens (including phenoxy) is 1. The van der Waals surface area contributed by atoms with Gasteiger partial charge in [0, 0.05) is 47.1 Å². The van der Waals surface area contributed by atoms with E-state index in [1.54, 1.807) is 23.6 Å². The Bertz CT molecular complexity index is 2350. The summed E-state index contributed by atoms with van der Waals surface area (Å²) >= 11 is 0. The molecule has 7 rings (SSSR count). The first kappa shape index (κ1) is 39.5. The minimum Gasteiger partial charge on any atom is -0.447 e. The molecule has 1 fully saturated rings. The number of fused-ring (bicyclic) bond motifs is 1.